The van der Waals surface area contributed by atoms with Gasteiger partial charge in [-0.25, -0.2) is 9.97 Å². The molecule has 1 fully saturated rings. The molecule has 0 spiro atoms. The van der Waals surface area contributed by atoms with Crippen molar-refractivity contribution in [3.05, 3.63) is 71.6 Å². The van der Waals surface area contributed by atoms with E-state index in [1.807, 2.05) is 44.2 Å². The summed E-state index contributed by atoms with van der Waals surface area (Å²) in [5.74, 6) is -2.23. The molecule has 0 aliphatic carbocycles. The van der Waals surface area contributed by atoms with Gasteiger partial charge in [-0.2, -0.15) is 0 Å². The third-order valence-electron chi connectivity index (χ3n) is 7.72. The van der Waals surface area contributed by atoms with Crippen molar-refractivity contribution in [2.24, 2.45) is 5.92 Å². The monoisotopic (exact) mass is 619 g/mol. The Morgan fingerprint density at radius 2 is 1.64 bits per heavy atom. The molecule has 5 amide bonds. The van der Waals surface area contributed by atoms with Gasteiger partial charge in [-0.1, -0.05) is 44.2 Å². The highest BCUT2D eigenvalue weighted by molar-refractivity contribution is 5.97. The number of hydrogen-bond donors (Lipinski definition) is 4. The molecule has 2 aliphatic rings. The van der Waals surface area contributed by atoms with E-state index in [0.717, 1.165) is 5.56 Å². The van der Waals surface area contributed by atoms with Crippen LogP contribution in [0.15, 0.2) is 51.7 Å². The van der Waals surface area contributed by atoms with Crippen molar-refractivity contribution >= 4 is 29.5 Å². The second-order valence-corrected chi connectivity index (χ2v) is 11.9. The smallest absolute Gasteiger partial charge is 0.276 e. The number of benzene rings is 1. The van der Waals surface area contributed by atoms with Crippen molar-refractivity contribution in [2.45, 2.75) is 77.2 Å². The van der Waals surface area contributed by atoms with Crippen LogP contribution in [0.1, 0.15) is 90.9 Å². The van der Waals surface area contributed by atoms with Crippen molar-refractivity contribution in [3.8, 4) is 0 Å². The average molecular weight is 620 g/mol. The van der Waals surface area contributed by atoms with Crippen LogP contribution in [-0.4, -0.2) is 69.1 Å². The van der Waals surface area contributed by atoms with Gasteiger partial charge in [0.15, 0.2) is 11.4 Å². The van der Waals surface area contributed by atoms with Crippen LogP contribution in [0.4, 0.5) is 0 Å². The number of nitrogens with one attached hydrogen (secondary N) is 4. The Morgan fingerprint density at radius 3 is 2.36 bits per heavy atom. The Kier molecular flexibility index (Phi) is 9.30. The summed E-state index contributed by atoms with van der Waals surface area (Å²) in [5, 5.41) is 11.3. The molecule has 4 heterocycles. The van der Waals surface area contributed by atoms with E-state index in [2.05, 4.69) is 31.2 Å². The van der Waals surface area contributed by atoms with Crippen molar-refractivity contribution in [2.75, 3.05) is 6.54 Å². The maximum Gasteiger partial charge on any atom is 0.276 e. The first kappa shape index (κ1) is 31.4. The molecule has 0 radical (unpaired) electrons. The predicted molar refractivity (Wildman–Crippen MR) is 158 cm³/mol. The molecule has 14 nitrogen and oxygen atoms in total. The molecule has 5 rings (SSSR count). The zero-order valence-corrected chi connectivity index (χ0v) is 25.5. The molecule has 0 saturated carbocycles. The summed E-state index contributed by atoms with van der Waals surface area (Å²) < 4.78 is 11.3. The molecule has 238 valence electrons. The molecule has 2 aromatic heterocycles. The summed E-state index contributed by atoms with van der Waals surface area (Å²) in [4.78, 5) is 76.1. The number of hydrogen-bond acceptors (Lipinski definition) is 9. The fourth-order valence-electron chi connectivity index (χ4n) is 5.61. The molecule has 45 heavy (non-hydrogen) atoms. The van der Waals surface area contributed by atoms with Crippen LogP contribution in [0.3, 0.4) is 0 Å². The third-order valence-corrected chi connectivity index (χ3v) is 7.72. The quantitative estimate of drug-likeness (QED) is 0.330. The highest BCUT2D eigenvalue weighted by Crippen LogP contribution is 2.25. The Labute approximate surface area is 259 Å². The van der Waals surface area contributed by atoms with E-state index in [-0.39, 0.29) is 54.4 Å². The molecule has 2 aliphatic heterocycles. The molecular weight excluding hydrogens is 582 g/mol. The molecule has 1 saturated heterocycles. The second kappa shape index (κ2) is 13.3. The Bertz CT molecular complexity index is 1570. The minimum Gasteiger partial charge on any atom is -0.446 e. The second-order valence-electron chi connectivity index (χ2n) is 11.9. The lowest BCUT2D eigenvalue weighted by Gasteiger charge is -2.25. The van der Waals surface area contributed by atoms with Crippen molar-refractivity contribution in [1.29, 1.82) is 0 Å². The highest BCUT2D eigenvalue weighted by Gasteiger charge is 2.42. The molecular formula is C31H37N7O7. The van der Waals surface area contributed by atoms with E-state index >= 15 is 0 Å². The van der Waals surface area contributed by atoms with Crippen LogP contribution in [0.2, 0.25) is 0 Å². The number of carbonyl (C=O) groups excluding carboxylic acids is 5. The number of aromatic nitrogens is 2. The molecule has 14 heteroatoms. The predicted octanol–water partition coefficient (Wildman–Crippen LogP) is 1.82. The van der Waals surface area contributed by atoms with E-state index in [1.165, 1.54) is 24.3 Å². The van der Waals surface area contributed by atoms with Crippen LogP contribution in [0, 0.1) is 5.92 Å². The minimum atomic E-state index is -0.974. The maximum absolute atomic E-state index is 13.9. The number of nitrogens with zero attached hydrogens (tertiary/aromatic N) is 3. The zero-order valence-electron chi connectivity index (χ0n) is 25.5. The molecule has 5 atom stereocenters. The third kappa shape index (κ3) is 7.39. The largest absolute Gasteiger partial charge is 0.446 e. The van der Waals surface area contributed by atoms with Gasteiger partial charge in [0, 0.05) is 25.9 Å². The molecule has 1 aromatic carbocycles. The van der Waals surface area contributed by atoms with E-state index in [4.69, 9.17) is 8.83 Å². The highest BCUT2D eigenvalue weighted by atomic mass is 16.3. The van der Waals surface area contributed by atoms with E-state index < -0.39 is 53.8 Å². The SMILES string of the molecule is CC(=O)N[C@H]1C[C@H]2C(=O)N[C@@H](Cc3ccccc3)c3nc(co3)C(=O)N[C@H](CC(C)C)C(=O)N[C@H](C)c3nc(co3)C(=O)N2C1. The van der Waals surface area contributed by atoms with Crippen LogP contribution in [0.25, 0.3) is 0 Å². The van der Waals surface area contributed by atoms with Gasteiger partial charge in [0.25, 0.3) is 11.8 Å². The van der Waals surface area contributed by atoms with Gasteiger partial charge < -0.3 is 35.0 Å². The van der Waals surface area contributed by atoms with Crippen molar-refractivity contribution in [1.82, 2.24) is 36.1 Å². The lowest BCUT2D eigenvalue weighted by molar-refractivity contribution is -0.126. The summed E-state index contributed by atoms with van der Waals surface area (Å²) >= 11 is 0. The normalized spacial score (nSPS) is 24.3. The van der Waals surface area contributed by atoms with E-state index in [1.54, 1.807) is 6.92 Å². The molecule has 0 unspecified atom stereocenters. The van der Waals surface area contributed by atoms with E-state index in [0.29, 0.717) is 6.42 Å². The van der Waals surface area contributed by atoms with Gasteiger partial charge in [-0.05, 0) is 31.2 Å². The lowest BCUT2D eigenvalue weighted by Crippen LogP contribution is -2.48. The summed E-state index contributed by atoms with van der Waals surface area (Å²) in [5.41, 5.74) is 0.745. The number of amides is 5. The summed E-state index contributed by atoms with van der Waals surface area (Å²) in [7, 11) is 0. The first-order chi connectivity index (χ1) is 21.5. The fourth-order valence-corrected chi connectivity index (χ4v) is 5.61. The van der Waals surface area contributed by atoms with Crippen LogP contribution in [0.5, 0.6) is 0 Å². The van der Waals surface area contributed by atoms with Gasteiger partial charge in [-0.15, -0.1) is 0 Å². The first-order valence-corrected chi connectivity index (χ1v) is 14.9. The van der Waals surface area contributed by atoms with Gasteiger partial charge in [0.2, 0.25) is 29.5 Å². The van der Waals surface area contributed by atoms with Gasteiger partial charge in [0.05, 0.1) is 0 Å². The van der Waals surface area contributed by atoms with Crippen LogP contribution in [-0.2, 0) is 20.8 Å². The van der Waals surface area contributed by atoms with Crippen LogP contribution < -0.4 is 21.3 Å². The Hall–Kier alpha value is -5.01. The van der Waals surface area contributed by atoms with Gasteiger partial charge >= 0.3 is 0 Å². The molecule has 4 bridgehead atoms. The Balaban J connectivity index is 1.54. The average Bonchev–Trinajstić information content (AvgIpc) is 3.76. The summed E-state index contributed by atoms with van der Waals surface area (Å²) in [6.07, 6.45) is 3.12. The molecule has 4 N–H and O–H groups in total. The lowest BCUT2D eigenvalue weighted by atomic mass is 10.0. The maximum atomic E-state index is 13.9. The van der Waals surface area contributed by atoms with Crippen molar-refractivity contribution < 1.29 is 32.8 Å². The minimum absolute atomic E-state index is 0.0568. The number of carbonyl (C=O) groups is 5. The first-order valence-electron chi connectivity index (χ1n) is 14.9. The van der Waals surface area contributed by atoms with E-state index in [9.17, 15) is 24.0 Å². The zero-order chi connectivity index (χ0) is 32.2. The Morgan fingerprint density at radius 1 is 0.956 bits per heavy atom. The van der Waals surface area contributed by atoms with Gasteiger partial charge in [0.1, 0.15) is 36.7 Å². The van der Waals surface area contributed by atoms with Crippen LogP contribution >= 0.6 is 0 Å². The molecule has 3 aromatic rings. The fraction of sp³-hybridized carbons (Fsp3) is 0.452. The number of rotatable bonds is 5. The van der Waals surface area contributed by atoms with Crippen molar-refractivity contribution in [3.63, 3.8) is 0 Å². The topological polar surface area (TPSA) is 189 Å². The van der Waals surface area contributed by atoms with Gasteiger partial charge in [-0.3, -0.25) is 24.0 Å². The summed E-state index contributed by atoms with van der Waals surface area (Å²) in [6.45, 7) is 6.92. The standard InChI is InChI=1S/C31H37N7O7/c1-16(2)10-21-26(40)32-17(3)29-37-24(15-44-29)31(43)38-13-20(33-18(4)39)12-25(38)28(42)35-22(11-19-8-6-5-7-9-19)30-36-23(14-45-30)27(41)34-21/h5-9,14-17,20-22,25H,10-13H2,1-4H3,(H,32,40)(H,33,39)(H,34,41)(H,35,42)/t17-,20+,21-,22+,25+/m1/s1. The summed E-state index contributed by atoms with van der Waals surface area (Å²) in [6, 6.07) is 5.41. The number of oxazole rings is 2. The number of fused-ring (bicyclic) bond motifs is 5.